The van der Waals surface area contributed by atoms with Crippen LogP contribution in [0.3, 0.4) is 0 Å². The van der Waals surface area contributed by atoms with Gasteiger partial charge in [0.2, 0.25) is 5.91 Å². The largest absolute Gasteiger partial charge is 0.496 e. The molecule has 7 nitrogen and oxygen atoms in total. The van der Waals surface area contributed by atoms with E-state index in [4.69, 9.17) is 4.74 Å². The summed E-state index contributed by atoms with van der Waals surface area (Å²) in [4.78, 5) is 33.9. The zero-order valence-corrected chi connectivity index (χ0v) is 18.7. The number of aromatic nitrogens is 2. The van der Waals surface area contributed by atoms with Crippen molar-refractivity contribution in [1.82, 2.24) is 19.4 Å². The number of methoxy groups -OCH3 is 1. The van der Waals surface area contributed by atoms with E-state index >= 15 is 0 Å². The molecule has 1 aliphatic rings. The quantitative estimate of drug-likeness (QED) is 0.621. The molecule has 0 spiro atoms. The second kappa shape index (κ2) is 9.26. The highest BCUT2D eigenvalue weighted by atomic mass is 16.5. The van der Waals surface area contributed by atoms with Crippen LogP contribution in [0.25, 0.3) is 0 Å². The highest BCUT2D eigenvalue weighted by Gasteiger charge is 2.35. The lowest BCUT2D eigenvalue weighted by atomic mass is 9.98. The van der Waals surface area contributed by atoms with Crippen molar-refractivity contribution >= 4 is 11.8 Å². The second-order valence-corrected chi connectivity index (χ2v) is 7.98. The normalized spacial score (nSPS) is 16.2. The minimum Gasteiger partial charge on any atom is -0.496 e. The maximum absolute atomic E-state index is 13.9. The zero-order valence-electron chi connectivity index (χ0n) is 18.7. The summed E-state index contributed by atoms with van der Waals surface area (Å²) >= 11 is 0. The van der Waals surface area contributed by atoms with Gasteiger partial charge in [-0.15, -0.1) is 0 Å². The monoisotopic (exact) mass is 432 g/mol. The number of piperazine rings is 1. The third-order valence-electron chi connectivity index (χ3n) is 6.10. The Kier molecular flexibility index (Phi) is 6.25. The minimum absolute atomic E-state index is 0.00739. The van der Waals surface area contributed by atoms with Crippen molar-refractivity contribution in [2.75, 3.05) is 26.7 Å². The van der Waals surface area contributed by atoms with E-state index in [-0.39, 0.29) is 17.9 Å². The van der Waals surface area contributed by atoms with Crippen LogP contribution in [0.15, 0.2) is 60.9 Å². The highest BCUT2D eigenvalue weighted by molar-refractivity contribution is 5.96. The number of nitrogens with zero attached hydrogens (tertiary/aromatic N) is 4. The Hall–Kier alpha value is -3.61. The average molecular weight is 433 g/mol. The molecule has 1 fully saturated rings. The van der Waals surface area contributed by atoms with Crippen molar-refractivity contribution in [3.8, 4) is 5.75 Å². The van der Waals surface area contributed by atoms with Gasteiger partial charge in [-0.05, 0) is 24.6 Å². The molecule has 4 rings (SSSR count). The summed E-state index contributed by atoms with van der Waals surface area (Å²) in [5.74, 6) is 1.57. The molecule has 0 N–H and O–H groups in total. The van der Waals surface area contributed by atoms with Crippen molar-refractivity contribution in [2.45, 2.75) is 26.4 Å². The zero-order chi connectivity index (χ0) is 22.7. The lowest BCUT2D eigenvalue weighted by molar-refractivity contribution is -0.131. The fourth-order valence-electron chi connectivity index (χ4n) is 4.30. The van der Waals surface area contributed by atoms with Crippen molar-refractivity contribution < 1.29 is 14.3 Å². The summed E-state index contributed by atoms with van der Waals surface area (Å²) in [6.45, 7) is 5.49. The highest BCUT2D eigenvalue weighted by Crippen LogP contribution is 2.33. The molecule has 0 aliphatic carbocycles. The van der Waals surface area contributed by atoms with Gasteiger partial charge in [0.1, 0.15) is 11.6 Å². The number of carbonyl (C=O) groups is 2. The SMILES string of the molecule is COc1ccccc1C1CN(C(C)=O)CCN1C(=O)c1ccccc1Cn1ccnc1C. The van der Waals surface area contributed by atoms with E-state index in [2.05, 4.69) is 4.98 Å². The number of aryl methyl sites for hydroxylation is 1. The van der Waals surface area contributed by atoms with Gasteiger partial charge in [0.15, 0.2) is 0 Å². The number of rotatable bonds is 5. The van der Waals surface area contributed by atoms with E-state index in [0.717, 1.165) is 17.0 Å². The van der Waals surface area contributed by atoms with Gasteiger partial charge in [-0.1, -0.05) is 36.4 Å². The molecule has 1 aromatic heterocycles. The molecule has 7 heteroatoms. The molecule has 166 valence electrons. The van der Waals surface area contributed by atoms with E-state index in [1.54, 1.807) is 25.1 Å². The van der Waals surface area contributed by atoms with Crippen molar-refractivity contribution in [3.63, 3.8) is 0 Å². The maximum Gasteiger partial charge on any atom is 0.254 e. The first-order valence-electron chi connectivity index (χ1n) is 10.7. The number of hydrogen-bond acceptors (Lipinski definition) is 4. The fourth-order valence-corrected chi connectivity index (χ4v) is 4.30. The van der Waals surface area contributed by atoms with E-state index in [9.17, 15) is 9.59 Å². The predicted molar refractivity (Wildman–Crippen MR) is 122 cm³/mol. The summed E-state index contributed by atoms with van der Waals surface area (Å²) in [5.41, 5.74) is 2.50. The molecular formula is C25H28N4O3. The summed E-state index contributed by atoms with van der Waals surface area (Å²) in [5, 5.41) is 0. The molecule has 1 atom stereocenters. The molecule has 0 saturated carbocycles. The maximum atomic E-state index is 13.9. The first-order chi connectivity index (χ1) is 15.5. The number of para-hydroxylation sites is 1. The van der Waals surface area contributed by atoms with Gasteiger partial charge < -0.3 is 19.1 Å². The third-order valence-corrected chi connectivity index (χ3v) is 6.10. The molecule has 1 unspecified atom stereocenters. The van der Waals surface area contributed by atoms with Gasteiger partial charge in [0.25, 0.3) is 5.91 Å². The molecule has 3 aromatic rings. The summed E-state index contributed by atoms with van der Waals surface area (Å²) in [7, 11) is 1.62. The van der Waals surface area contributed by atoms with Crippen LogP contribution >= 0.6 is 0 Å². The molecule has 0 radical (unpaired) electrons. The number of amides is 2. The molecule has 2 amide bonds. The van der Waals surface area contributed by atoms with Crippen molar-refractivity contribution in [1.29, 1.82) is 0 Å². The number of ether oxygens (including phenoxy) is 1. The summed E-state index contributed by atoms with van der Waals surface area (Å²) in [6, 6.07) is 15.1. The predicted octanol–water partition coefficient (Wildman–Crippen LogP) is 3.29. The lowest BCUT2D eigenvalue weighted by Gasteiger charge is -2.42. The van der Waals surface area contributed by atoms with Crippen LogP contribution in [-0.2, 0) is 11.3 Å². The Balaban J connectivity index is 1.70. The van der Waals surface area contributed by atoms with Crippen molar-refractivity contribution in [2.24, 2.45) is 0 Å². The van der Waals surface area contributed by atoms with Gasteiger partial charge in [0, 0.05) is 56.6 Å². The van der Waals surface area contributed by atoms with E-state index < -0.39 is 0 Å². The molecule has 2 aromatic carbocycles. The Bertz CT molecular complexity index is 1120. The van der Waals surface area contributed by atoms with Crippen LogP contribution in [0.1, 0.15) is 40.3 Å². The Labute approximate surface area is 188 Å². The Morgan fingerprint density at radius 1 is 1.09 bits per heavy atom. The third kappa shape index (κ3) is 4.23. The topological polar surface area (TPSA) is 67.7 Å². The first-order valence-corrected chi connectivity index (χ1v) is 10.7. The fraction of sp³-hybridized carbons (Fsp3) is 0.320. The van der Waals surface area contributed by atoms with Gasteiger partial charge in [0.05, 0.1) is 13.2 Å². The van der Waals surface area contributed by atoms with E-state index in [0.29, 0.717) is 37.5 Å². The molecule has 32 heavy (non-hydrogen) atoms. The van der Waals surface area contributed by atoms with Crippen LogP contribution in [0, 0.1) is 6.92 Å². The first kappa shape index (κ1) is 21.6. The molecular weight excluding hydrogens is 404 g/mol. The second-order valence-electron chi connectivity index (χ2n) is 7.98. The van der Waals surface area contributed by atoms with Gasteiger partial charge in [-0.3, -0.25) is 9.59 Å². The number of carbonyl (C=O) groups excluding carboxylic acids is 2. The smallest absolute Gasteiger partial charge is 0.254 e. The summed E-state index contributed by atoms with van der Waals surface area (Å²) < 4.78 is 7.61. The van der Waals surface area contributed by atoms with Crippen LogP contribution < -0.4 is 4.74 Å². The molecule has 2 heterocycles. The van der Waals surface area contributed by atoms with Gasteiger partial charge in [-0.2, -0.15) is 0 Å². The van der Waals surface area contributed by atoms with Crippen LogP contribution in [0.2, 0.25) is 0 Å². The Morgan fingerprint density at radius 2 is 1.84 bits per heavy atom. The lowest BCUT2D eigenvalue weighted by Crippen LogP contribution is -2.52. The molecule has 1 aliphatic heterocycles. The van der Waals surface area contributed by atoms with Gasteiger partial charge >= 0.3 is 0 Å². The minimum atomic E-state index is -0.292. The van der Waals surface area contributed by atoms with E-state index in [1.807, 2.05) is 71.1 Å². The standard InChI is InChI=1S/C25H28N4O3/c1-18-26-12-13-27(18)16-20-8-4-5-9-21(20)25(31)29-15-14-28(19(2)30)17-23(29)22-10-6-7-11-24(22)32-3/h4-13,23H,14-17H2,1-3H3. The molecule has 1 saturated heterocycles. The van der Waals surface area contributed by atoms with Crippen LogP contribution in [0.5, 0.6) is 5.75 Å². The van der Waals surface area contributed by atoms with Crippen LogP contribution in [-0.4, -0.2) is 57.9 Å². The number of imidazole rings is 1. The number of benzene rings is 2. The molecule has 0 bridgehead atoms. The Morgan fingerprint density at radius 3 is 2.56 bits per heavy atom. The average Bonchev–Trinajstić information content (AvgIpc) is 3.22. The summed E-state index contributed by atoms with van der Waals surface area (Å²) in [6.07, 6.45) is 3.68. The van der Waals surface area contributed by atoms with Crippen molar-refractivity contribution in [3.05, 3.63) is 83.4 Å². The van der Waals surface area contributed by atoms with E-state index in [1.165, 1.54) is 0 Å². The van der Waals surface area contributed by atoms with Gasteiger partial charge in [-0.25, -0.2) is 4.98 Å². The van der Waals surface area contributed by atoms with Crippen LogP contribution in [0.4, 0.5) is 0 Å². The number of hydrogen-bond donors (Lipinski definition) is 0.